The summed E-state index contributed by atoms with van der Waals surface area (Å²) >= 11 is 0. The molecule has 0 saturated carbocycles. The number of anilines is 2. The summed E-state index contributed by atoms with van der Waals surface area (Å²) in [6, 6.07) is 21.9. The third-order valence-electron chi connectivity index (χ3n) is 4.53. The van der Waals surface area contributed by atoms with E-state index in [1.165, 1.54) is 12.1 Å². The minimum absolute atomic E-state index is 0.0119. The van der Waals surface area contributed by atoms with Crippen LogP contribution >= 0.6 is 0 Å². The SMILES string of the molecule is COc1cccc(-c2cccc(N(C)c3ccc(S(=O)(=O)CC(=O)O)cc3)c2)c1. The fourth-order valence-corrected chi connectivity index (χ4v) is 4.01. The van der Waals surface area contributed by atoms with Crippen molar-refractivity contribution >= 4 is 27.2 Å². The van der Waals surface area contributed by atoms with Crippen LogP contribution in [0.5, 0.6) is 5.75 Å². The fraction of sp³-hybridized carbons (Fsp3) is 0.136. The van der Waals surface area contributed by atoms with Crippen LogP contribution in [0.4, 0.5) is 11.4 Å². The van der Waals surface area contributed by atoms with Gasteiger partial charge in [0.2, 0.25) is 0 Å². The van der Waals surface area contributed by atoms with E-state index < -0.39 is 21.6 Å². The molecule has 29 heavy (non-hydrogen) atoms. The molecule has 0 aliphatic rings. The second kappa shape index (κ2) is 8.36. The van der Waals surface area contributed by atoms with E-state index in [-0.39, 0.29) is 4.90 Å². The zero-order chi connectivity index (χ0) is 21.0. The average Bonchev–Trinajstić information content (AvgIpc) is 2.72. The van der Waals surface area contributed by atoms with Gasteiger partial charge in [0.1, 0.15) is 5.75 Å². The Hall–Kier alpha value is -3.32. The van der Waals surface area contributed by atoms with E-state index in [4.69, 9.17) is 9.84 Å². The van der Waals surface area contributed by atoms with E-state index in [1.54, 1.807) is 19.2 Å². The summed E-state index contributed by atoms with van der Waals surface area (Å²) in [5.41, 5.74) is 3.75. The van der Waals surface area contributed by atoms with Crippen molar-refractivity contribution in [3.8, 4) is 16.9 Å². The zero-order valence-corrected chi connectivity index (χ0v) is 16.9. The molecular weight excluding hydrogens is 390 g/mol. The predicted octanol–water partition coefficient (Wildman–Crippen LogP) is 3.99. The molecule has 150 valence electrons. The first kappa shape index (κ1) is 20.4. The van der Waals surface area contributed by atoms with Gasteiger partial charge in [-0.1, -0.05) is 24.3 Å². The standard InChI is InChI=1S/C22H21NO5S/c1-23(18-9-11-21(12-10-18)29(26,27)15-22(24)25)19-7-3-5-16(13-19)17-6-4-8-20(14-17)28-2/h3-14H,15H2,1-2H3,(H,24,25). The molecule has 3 aromatic rings. The summed E-state index contributed by atoms with van der Waals surface area (Å²) in [5, 5.41) is 8.76. The highest BCUT2D eigenvalue weighted by Gasteiger charge is 2.19. The van der Waals surface area contributed by atoms with Gasteiger partial charge in [0, 0.05) is 18.4 Å². The van der Waals surface area contributed by atoms with E-state index in [0.717, 1.165) is 28.3 Å². The lowest BCUT2D eigenvalue weighted by molar-refractivity contribution is -0.134. The fourth-order valence-electron chi connectivity index (χ4n) is 2.97. The number of methoxy groups -OCH3 is 1. The second-order valence-electron chi connectivity index (χ2n) is 6.49. The van der Waals surface area contributed by atoms with Crippen molar-refractivity contribution in [2.24, 2.45) is 0 Å². The molecule has 0 fully saturated rings. The molecule has 0 aliphatic heterocycles. The number of hydrogen-bond donors (Lipinski definition) is 1. The minimum atomic E-state index is -3.85. The van der Waals surface area contributed by atoms with E-state index in [0.29, 0.717) is 0 Å². The summed E-state index contributed by atoms with van der Waals surface area (Å²) in [6.45, 7) is 0. The first-order valence-corrected chi connectivity index (χ1v) is 10.5. The zero-order valence-electron chi connectivity index (χ0n) is 16.1. The van der Waals surface area contributed by atoms with Gasteiger partial charge < -0.3 is 14.7 Å². The molecule has 7 heteroatoms. The van der Waals surface area contributed by atoms with Crippen molar-refractivity contribution in [1.82, 2.24) is 0 Å². The number of carboxylic acids is 1. The Morgan fingerprint density at radius 3 is 2.17 bits per heavy atom. The maximum Gasteiger partial charge on any atom is 0.319 e. The quantitative estimate of drug-likeness (QED) is 0.633. The predicted molar refractivity (Wildman–Crippen MR) is 113 cm³/mol. The van der Waals surface area contributed by atoms with Crippen LogP contribution in [-0.2, 0) is 14.6 Å². The van der Waals surface area contributed by atoms with Gasteiger partial charge in [-0.25, -0.2) is 8.42 Å². The normalized spacial score (nSPS) is 11.1. The summed E-state index contributed by atoms with van der Waals surface area (Å²) in [4.78, 5) is 12.7. The molecule has 3 aromatic carbocycles. The number of ether oxygens (including phenoxy) is 1. The van der Waals surface area contributed by atoms with Gasteiger partial charge >= 0.3 is 5.97 Å². The van der Waals surface area contributed by atoms with Crippen molar-refractivity contribution in [3.63, 3.8) is 0 Å². The highest BCUT2D eigenvalue weighted by Crippen LogP contribution is 2.30. The Kier molecular flexibility index (Phi) is 5.89. The van der Waals surface area contributed by atoms with Crippen LogP contribution < -0.4 is 9.64 Å². The molecule has 0 unspecified atom stereocenters. The average molecular weight is 411 g/mol. The summed E-state index contributed by atoms with van der Waals surface area (Å²) in [6.07, 6.45) is 0. The van der Waals surface area contributed by atoms with E-state index in [2.05, 4.69) is 0 Å². The molecule has 6 nitrogen and oxygen atoms in total. The number of nitrogens with zero attached hydrogens (tertiary/aromatic N) is 1. The Bertz CT molecular complexity index is 1120. The number of sulfone groups is 1. The molecular formula is C22H21NO5S. The highest BCUT2D eigenvalue weighted by molar-refractivity contribution is 7.92. The smallest absolute Gasteiger partial charge is 0.319 e. The van der Waals surface area contributed by atoms with Crippen molar-refractivity contribution in [1.29, 1.82) is 0 Å². The Morgan fingerprint density at radius 1 is 0.931 bits per heavy atom. The molecule has 0 aromatic heterocycles. The van der Waals surface area contributed by atoms with Gasteiger partial charge in [0.15, 0.2) is 15.6 Å². The van der Waals surface area contributed by atoms with Crippen molar-refractivity contribution in [2.75, 3.05) is 24.8 Å². The Labute approximate surface area is 169 Å². The molecule has 0 heterocycles. The van der Waals surface area contributed by atoms with Crippen LogP contribution in [0, 0.1) is 0 Å². The maximum absolute atomic E-state index is 12.0. The second-order valence-corrected chi connectivity index (χ2v) is 8.48. The number of carboxylic acid groups (broad SMARTS) is 1. The summed E-state index contributed by atoms with van der Waals surface area (Å²) in [7, 11) is -0.337. The van der Waals surface area contributed by atoms with Gasteiger partial charge in [0.25, 0.3) is 0 Å². The van der Waals surface area contributed by atoms with E-state index >= 15 is 0 Å². The number of hydrogen-bond acceptors (Lipinski definition) is 5. The van der Waals surface area contributed by atoms with Gasteiger partial charge in [-0.2, -0.15) is 0 Å². The van der Waals surface area contributed by atoms with Crippen LogP contribution in [0.3, 0.4) is 0 Å². The lowest BCUT2D eigenvalue weighted by atomic mass is 10.0. The first-order chi connectivity index (χ1) is 13.8. The van der Waals surface area contributed by atoms with Crippen molar-refractivity contribution in [3.05, 3.63) is 72.8 Å². The first-order valence-electron chi connectivity index (χ1n) is 8.83. The number of rotatable bonds is 7. The van der Waals surface area contributed by atoms with E-state index in [9.17, 15) is 13.2 Å². The number of carbonyl (C=O) groups is 1. The van der Waals surface area contributed by atoms with Crippen LogP contribution in [0.15, 0.2) is 77.7 Å². The molecule has 3 rings (SSSR count). The maximum atomic E-state index is 12.0. The molecule has 1 N–H and O–H groups in total. The number of benzene rings is 3. The molecule has 0 aliphatic carbocycles. The lowest BCUT2D eigenvalue weighted by Gasteiger charge is -2.20. The Morgan fingerprint density at radius 2 is 1.55 bits per heavy atom. The van der Waals surface area contributed by atoms with E-state index in [1.807, 2.05) is 60.5 Å². The molecule has 0 saturated heterocycles. The minimum Gasteiger partial charge on any atom is -0.497 e. The molecule has 0 amide bonds. The van der Waals surface area contributed by atoms with Crippen LogP contribution in [0.1, 0.15) is 0 Å². The third kappa shape index (κ3) is 4.75. The highest BCUT2D eigenvalue weighted by atomic mass is 32.2. The molecule has 0 atom stereocenters. The Balaban J connectivity index is 1.87. The van der Waals surface area contributed by atoms with Gasteiger partial charge in [-0.3, -0.25) is 4.79 Å². The third-order valence-corrected chi connectivity index (χ3v) is 6.15. The lowest BCUT2D eigenvalue weighted by Crippen LogP contribution is -2.15. The molecule has 0 bridgehead atoms. The van der Waals surface area contributed by atoms with Crippen molar-refractivity contribution in [2.45, 2.75) is 4.90 Å². The summed E-state index contributed by atoms with van der Waals surface area (Å²) in [5.74, 6) is -1.52. The molecule has 0 radical (unpaired) electrons. The largest absolute Gasteiger partial charge is 0.497 e. The summed E-state index contributed by atoms with van der Waals surface area (Å²) < 4.78 is 29.4. The number of aliphatic carboxylic acids is 1. The van der Waals surface area contributed by atoms with Crippen LogP contribution in [0.25, 0.3) is 11.1 Å². The van der Waals surface area contributed by atoms with Crippen LogP contribution in [-0.4, -0.2) is 39.4 Å². The van der Waals surface area contributed by atoms with Crippen molar-refractivity contribution < 1.29 is 23.1 Å². The van der Waals surface area contributed by atoms with Crippen LogP contribution in [0.2, 0.25) is 0 Å². The topological polar surface area (TPSA) is 83.9 Å². The monoisotopic (exact) mass is 411 g/mol. The van der Waals surface area contributed by atoms with Gasteiger partial charge in [0.05, 0.1) is 12.0 Å². The van der Waals surface area contributed by atoms with Gasteiger partial charge in [-0.15, -0.1) is 0 Å². The van der Waals surface area contributed by atoms with Gasteiger partial charge in [-0.05, 0) is 59.7 Å². The molecule has 0 spiro atoms.